The number of thiophene rings is 1. The van der Waals surface area contributed by atoms with Crippen LogP contribution in [0.2, 0.25) is 0 Å². The van der Waals surface area contributed by atoms with Gasteiger partial charge in [-0.25, -0.2) is 4.79 Å². The van der Waals surface area contributed by atoms with Gasteiger partial charge in [-0.1, -0.05) is 60.6 Å². The van der Waals surface area contributed by atoms with Crippen LogP contribution >= 0.6 is 11.3 Å². The Kier molecular flexibility index (Phi) is 15.8. The van der Waals surface area contributed by atoms with Crippen molar-refractivity contribution in [1.29, 1.82) is 0 Å². The molecule has 0 aliphatic carbocycles. The van der Waals surface area contributed by atoms with E-state index in [1.54, 1.807) is 0 Å². The van der Waals surface area contributed by atoms with Gasteiger partial charge in [0.15, 0.2) is 0 Å². The molecule has 0 radical (unpaired) electrons. The fraction of sp³-hybridized carbons (Fsp3) is 0.581. The predicted molar refractivity (Wildman–Crippen MR) is 162 cm³/mol. The number of carboxylic acids is 2. The van der Waals surface area contributed by atoms with E-state index in [9.17, 15) is 19.5 Å². The first-order chi connectivity index (χ1) is 18.6. The quantitative estimate of drug-likeness (QED) is 0.218. The molecular weight excluding hydrogens is 530 g/mol. The van der Waals surface area contributed by atoms with E-state index in [4.69, 9.17) is 14.9 Å². The van der Waals surface area contributed by atoms with E-state index in [2.05, 4.69) is 58.9 Å². The number of rotatable bonds is 12. The van der Waals surface area contributed by atoms with E-state index >= 15 is 0 Å². The van der Waals surface area contributed by atoms with Crippen LogP contribution in [0.4, 0.5) is 0 Å². The molecule has 1 amide bonds. The van der Waals surface area contributed by atoms with Crippen LogP contribution in [0, 0.1) is 26.2 Å². The van der Waals surface area contributed by atoms with E-state index in [-0.39, 0.29) is 17.2 Å². The number of carbonyl (C=O) groups excluding carboxylic acids is 1. The van der Waals surface area contributed by atoms with Crippen LogP contribution in [0.3, 0.4) is 0 Å². The molecule has 9 heteroatoms. The van der Waals surface area contributed by atoms with Crippen LogP contribution in [0.15, 0.2) is 24.3 Å². The Morgan fingerprint density at radius 3 is 1.98 bits per heavy atom. The molecule has 2 rings (SSSR count). The summed E-state index contributed by atoms with van der Waals surface area (Å²) in [6.45, 7) is 21.5. The fourth-order valence-electron chi connectivity index (χ4n) is 3.96. The molecule has 2 unspecified atom stereocenters. The molecule has 0 spiro atoms. The van der Waals surface area contributed by atoms with Crippen molar-refractivity contribution in [1.82, 2.24) is 5.32 Å². The molecule has 0 fully saturated rings. The summed E-state index contributed by atoms with van der Waals surface area (Å²) in [7, 11) is 0. The Morgan fingerprint density at radius 1 is 1.02 bits per heavy atom. The number of carboxylic acid groups (broad SMARTS) is 2. The molecule has 0 saturated carbocycles. The second-order valence-corrected chi connectivity index (χ2v) is 11.8. The molecule has 8 nitrogen and oxygen atoms in total. The summed E-state index contributed by atoms with van der Waals surface area (Å²) in [5.41, 5.74) is 3.74. The van der Waals surface area contributed by atoms with Crippen LogP contribution < -0.4 is 10.1 Å². The Balaban J connectivity index is 0.000000985. The first-order valence-electron chi connectivity index (χ1n) is 13.8. The highest BCUT2D eigenvalue weighted by Gasteiger charge is 2.33. The monoisotopic (exact) mass is 579 g/mol. The lowest BCUT2D eigenvalue weighted by Crippen LogP contribution is -2.37. The van der Waals surface area contributed by atoms with Gasteiger partial charge in [-0.15, -0.1) is 11.3 Å². The van der Waals surface area contributed by atoms with E-state index in [1.807, 2.05) is 51.3 Å². The maximum Gasteiger partial charge on any atom is 0.326 e. The van der Waals surface area contributed by atoms with Crippen molar-refractivity contribution < 1.29 is 34.4 Å². The molecule has 4 N–H and O–H groups in total. The number of aliphatic hydroxyl groups is 1. The molecule has 1 heterocycles. The second-order valence-electron chi connectivity index (χ2n) is 10.6. The van der Waals surface area contributed by atoms with Crippen molar-refractivity contribution in [2.45, 2.75) is 106 Å². The third-order valence-electron chi connectivity index (χ3n) is 6.91. The summed E-state index contributed by atoms with van der Waals surface area (Å²) in [6.07, 6.45) is 1.20. The minimum atomic E-state index is -1.36. The molecule has 1 aromatic heterocycles. The minimum absolute atomic E-state index is 0.0535. The standard InChI is InChI=1S/C24H36O2S.C5H7NO5.C2H6/c1-9-24(10-2,22-14-16(3)18(5)27-22)19-11-12-20(17(4)13-19)26-15-21(25)23(6,7)8;7-2-6-3(5(10)11)1-4(8)9;1-2/h11-14,21,25H,9-10,15H2,1-8H3;2-3H,1H2,(H,6,7)(H,8,9)(H,10,11);1-2H3. The number of carbonyl (C=O) groups is 3. The molecule has 0 bridgehead atoms. The predicted octanol–water partition coefficient (Wildman–Crippen LogP) is 6.25. The fourth-order valence-corrected chi connectivity index (χ4v) is 5.35. The normalized spacial score (nSPS) is 12.6. The lowest BCUT2D eigenvalue weighted by Gasteiger charge is -2.32. The Labute approximate surface area is 243 Å². The molecule has 2 aromatic rings. The maximum atomic E-state index is 10.3. The van der Waals surface area contributed by atoms with Crippen molar-refractivity contribution in [3.8, 4) is 5.75 Å². The summed E-state index contributed by atoms with van der Waals surface area (Å²) in [5, 5.41) is 28.5. The van der Waals surface area contributed by atoms with Crippen molar-refractivity contribution in [3.63, 3.8) is 0 Å². The SMILES string of the molecule is CC.CCC(CC)(c1ccc(OCC(O)C(C)(C)C)c(C)c1)c1cc(C)c(C)s1.O=CNC(CC(=O)O)C(=O)O. The number of benzene rings is 1. The molecule has 226 valence electrons. The summed E-state index contributed by atoms with van der Waals surface area (Å²) < 4.78 is 5.94. The van der Waals surface area contributed by atoms with Crippen LogP contribution in [0.25, 0.3) is 0 Å². The summed E-state index contributed by atoms with van der Waals surface area (Å²) >= 11 is 1.93. The number of aryl methyl sites for hydroxylation is 3. The number of hydrogen-bond acceptors (Lipinski definition) is 6. The van der Waals surface area contributed by atoms with Crippen molar-refractivity contribution >= 4 is 29.7 Å². The van der Waals surface area contributed by atoms with Crippen LogP contribution in [0.5, 0.6) is 5.75 Å². The summed E-state index contributed by atoms with van der Waals surface area (Å²) in [6, 6.07) is 7.59. The molecular formula is C31H49NO7S. The third kappa shape index (κ3) is 10.6. The molecule has 0 aliphatic heterocycles. The van der Waals surface area contributed by atoms with E-state index in [1.165, 1.54) is 20.9 Å². The highest BCUT2D eigenvalue weighted by molar-refractivity contribution is 7.12. The Bertz CT molecular complexity index is 1060. The van der Waals surface area contributed by atoms with Gasteiger partial charge in [0, 0.05) is 15.2 Å². The second kappa shape index (κ2) is 17.0. The lowest BCUT2D eigenvalue weighted by atomic mass is 9.74. The maximum absolute atomic E-state index is 10.3. The highest BCUT2D eigenvalue weighted by atomic mass is 32.1. The van der Waals surface area contributed by atoms with Crippen molar-refractivity contribution in [2.75, 3.05) is 6.61 Å². The van der Waals surface area contributed by atoms with Gasteiger partial charge in [0.05, 0.1) is 12.5 Å². The number of ether oxygens (including phenoxy) is 1. The van der Waals surface area contributed by atoms with Gasteiger partial charge in [0.2, 0.25) is 6.41 Å². The van der Waals surface area contributed by atoms with Crippen molar-refractivity contribution in [2.24, 2.45) is 5.41 Å². The van der Waals surface area contributed by atoms with Gasteiger partial charge in [-0.3, -0.25) is 9.59 Å². The Hall–Kier alpha value is -2.91. The van der Waals surface area contributed by atoms with Crippen LogP contribution in [-0.4, -0.2) is 52.4 Å². The van der Waals surface area contributed by atoms with Gasteiger partial charge in [-0.05, 0) is 67.9 Å². The van der Waals surface area contributed by atoms with Gasteiger partial charge < -0.3 is 25.4 Å². The third-order valence-corrected chi connectivity index (χ3v) is 8.27. The smallest absolute Gasteiger partial charge is 0.326 e. The first-order valence-corrected chi connectivity index (χ1v) is 14.6. The first kappa shape index (κ1) is 37.1. The van der Waals surface area contributed by atoms with Gasteiger partial charge >= 0.3 is 11.9 Å². The average Bonchev–Trinajstić information content (AvgIpc) is 3.23. The number of aliphatic hydroxyl groups excluding tert-OH is 1. The lowest BCUT2D eigenvalue weighted by molar-refractivity contribution is -0.146. The van der Waals surface area contributed by atoms with Gasteiger partial charge in [0.25, 0.3) is 0 Å². The molecule has 2 atom stereocenters. The largest absolute Gasteiger partial charge is 0.491 e. The zero-order valence-electron chi connectivity index (χ0n) is 25.8. The number of hydrogen-bond donors (Lipinski definition) is 4. The molecule has 40 heavy (non-hydrogen) atoms. The van der Waals surface area contributed by atoms with Crippen LogP contribution in [0.1, 0.15) is 94.2 Å². The van der Waals surface area contributed by atoms with E-state index < -0.39 is 30.5 Å². The topological polar surface area (TPSA) is 133 Å². The Morgan fingerprint density at radius 2 is 1.60 bits per heavy atom. The summed E-state index contributed by atoms with van der Waals surface area (Å²) in [5.74, 6) is -1.77. The zero-order chi connectivity index (χ0) is 31.3. The van der Waals surface area contributed by atoms with Crippen molar-refractivity contribution in [3.05, 3.63) is 50.7 Å². The number of nitrogens with one attached hydrogen (secondary N) is 1. The average molecular weight is 580 g/mol. The van der Waals surface area contributed by atoms with Crippen LogP contribution in [-0.2, 0) is 19.8 Å². The van der Waals surface area contributed by atoms with Gasteiger partial charge in [0.1, 0.15) is 18.4 Å². The zero-order valence-corrected chi connectivity index (χ0v) is 26.6. The molecule has 0 saturated heterocycles. The van der Waals surface area contributed by atoms with E-state index in [0.717, 1.165) is 24.2 Å². The molecule has 1 aromatic carbocycles. The van der Waals surface area contributed by atoms with E-state index in [0.29, 0.717) is 6.61 Å². The summed E-state index contributed by atoms with van der Waals surface area (Å²) in [4.78, 5) is 32.7. The number of aliphatic carboxylic acids is 2. The highest BCUT2D eigenvalue weighted by Crippen LogP contribution is 2.44. The van der Waals surface area contributed by atoms with Gasteiger partial charge in [-0.2, -0.15) is 0 Å². The molecule has 0 aliphatic rings. The number of amides is 1. The minimum Gasteiger partial charge on any atom is -0.491 e.